The Hall–Kier alpha value is -1.01. The summed E-state index contributed by atoms with van der Waals surface area (Å²) in [7, 11) is 0. The van der Waals surface area contributed by atoms with Crippen LogP contribution < -0.4 is 0 Å². The number of thioether (sulfide) groups is 1. The fourth-order valence-electron chi connectivity index (χ4n) is 2.45. The van der Waals surface area contributed by atoms with Crippen LogP contribution in [0.1, 0.15) is 24.3 Å². The van der Waals surface area contributed by atoms with Gasteiger partial charge in [-0.3, -0.25) is 9.69 Å². The van der Waals surface area contributed by atoms with E-state index in [0.717, 1.165) is 56.4 Å². The van der Waals surface area contributed by atoms with Crippen molar-refractivity contribution >= 4 is 17.7 Å². The molecule has 0 aliphatic carbocycles. The van der Waals surface area contributed by atoms with E-state index in [1.165, 1.54) is 0 Å². The molecule has 2 rings (SSSR count). The van der Waals surface area contributed by atoms with Gasteiger partial charge in [-0.05, 0) is 19.6 Å². The first-order valence-electron chi connectivity index (χ1n) is 7.10. The van der Waals surface area contributed by atoms with Crippen LogP contribution in [-0.2, 0) is 11.3 Å². The van der Waals surface area contributed by atoms with E-state index in [1.54, 1.807) is 11.8 Å². The van der Waals surface area contributed by atoms with Crippen LogP contribution in [0.3, 0.4) is 0 Å². The van der Waals surface area contributed by atoms with E-state index in [-0.39, 0.29) is 0 Å². The van der Waals surface area contributed by atoms with Gasteiger partial charge in [0.2, 0.25) is 5.91 Å². The van der Waals surface area contributed by atoms with Crippen LogP contribution in [0.5, 0.6) is 0 Å². The highest BCUT2D eigenvalue weighted by molar-refractivity contribution is 7.98. The van der Waals surface area contributed by atoms with Gasteiger partial charge in [-0.1, -0.05) is 5.16 Å². The molecule has 1 aliphatic heterocycles. The quantitative estimate of drug-likeness (QED) is 0.829. The monoisotopic (exact) mass is 297 g/mol. The van der Waals surface area contributed by atoms with Crippen LogP contribution in [-0.4, -0.2) is 59.1 Å². The Balaban J connectivity index is 1.81. The molecule has 1 fully saturated rings. The van der Waals surface area contributed by atoms with E-state index in [2.05, 4.69) is 10.1 Å². The molecule has 0 bridgehead atoms. The predicted octanol–water partition coefficient (Wildman–Crippen LogP) is 1.77. The lowest BCUT2D eigenvalue weighted by atomic mass is 10.3. The Morgan fingerprint density at radius 2 is 2.25 bits per heavy atom. The fourth-order valence-corrected chi connectivity index (χ4v) is 2.83. The summed E-state index contributed by atoms with van der Waals surface area (Å²) < 4.78 is 5.10. The first-order chi connectivity index (χ1) is 9.69. The summed E-state index contributed by atoms with van der Waals surface area (Å²) in [5.41, 5.74) is 0.977. The second kappa shape index (κ2) is 7.69. The topological polar surface area (TPSA) is 49.6 Å². The molecule has 0 unspecified atom stereocenters. The average Bonchev–Trinajstić information content (AvgIpc) is 2.71. The molecule has 0 radical (unpaired) electrons. The van der Waals surface area contributed by atoms with Crippen LogP contribution in [0, 0.1) is 6.92 Å². The molecule has 0 aromatic carbocycles. The molecule has 0 spiro atoms. The lowest BCUT2D eigenvalue weighted by Crippen LogP contribution is -2.35. The first kappa shape index (κ1) is 15.4. The molecule has 5 nitrogen and oxygen atoms in total. The SMILES string of the molecule is CSCCC(=O)N1CCCN(Cc2cc(C)on2)CC1. The molecule has 1 saturated heterocycles. The average molecular weight is 297 g/mol. The van der Waals surface area contributed by atoms with Crippen LogP contribution in [0.4, 0.5) is 0 Å². The van der Waals surface area contributed by atoms with Gasteiger partial charge in [0.25, 0.3) is 0 Å². The fraction of sp³-hybridized carbons (Fsp3) is 0.714. The lowest BCUT2D eigenvalue weighted by molar-refractivity contribution is -0.130. The normalized spacial score (nSPS) is 17.2. The number of carbonyl (C=O) groups is 1. The second-order valence-corrected chi connectivity index (χ2v) is 6.17. The van der Waals surface area contributed by atoms with Gasteiger partial charge in [0.15, 0.2) is 0 Å². The summed E-state index contributed by atoms with van der Waals surface area (Å²) in [5, 5.41) is 4.04. The summed E-state index contributed by atoms with van der Waals surface area (Å²) in [6.45, 7) is 6.34. The Morgan fingerprint density at radius 1 is 1.40 bits per heavy atom. The Morgan fingerprint density at radius 3 is 2.95 bits per heavy atom. The summed E-state index contributed by atoms with van der Waals surface area (Å²) in [6.07, 6.45) is 3.73. The highest BCUT2D eigenvalue weighted by atomic mass is 32.2. The van der Waals surface area contributed by atoms with Crippen molar-refractivity contribution in [3.8, 4) is 0 Å². The van der Waals surface area contributed by atoms with Crippen LogP contribution in [0.15, 0.2) is 10.6 Å². The molecule has 1 aromatic heterocycles. The molecule has 0 atom stereocenters. The third-order valence-electron chi connectivity index (χ3n) is 3.52. The maximum Gasteiger partial charge on any atom is 0.223 e. The third-order valence-corrected chi connectivity index (χ3v) is 4.14. The zero-order valence-corrected chi connectivity index (χ0v) is 13.1. The summed E-state index contributed by atoms with van der Waals surface area (Å²) >= 11 is 1.73. The number of nitrogens with zero attached hydrogens (tertiary/aromatic N) is 3. The van der Waals surface area contributed by atoms with Crippen molar-refractivity contribution in [2.75, 3.05) is 38.2 Å². The van der Waals surface area contributed by atoms with Crippen molar-refractivity contribution < 1.29 is 9.32 Å². The number of amides is 1. The van der Waals surface area contributed by atoms with Crippen molar-refractivity contribution in [1.29, 1.82) is 0 Å². The van der Waals surface area contributed by atoms with Gasteiger partial charge in [0, 0.05) is 51.0 Å². The van der Waals surface area contributed by atoms with Crippen molar-refractivity contribution in [3.05, 3.63) is 17.5 Å². The molecule has 20 heavy (non-hydrogen) atoms. The standard InChI is InChI=1S/C14H23N3O2S/c1-12-10-13(15-19-12)11-16-5-3-6-17(8-7-16)14(18)4-9-20-2/h10H,3-9,11H2,1-2H3. The minimum Gasteiger partial charge on any atom is -0.361 e. The predicted molar refractivity (Wildman–Crippen MR) is 80.7 cm³/mol. The van der Waals surface area contributed by atoms with Gasteiger partial charge in [-0.25, -0.2) is 0 Å². The second-order valence-electron chi connectivity index (χ2n) is 5.18. The van der Waals surface area contributed by atoms with E-state index >= 15 is 0 Å². The molecule has 0 N–H and O–H groups in total. The molecule has 112 valence electrons. The van der Waals surface area contributed by atoms with Gasteiger partial charge in [0.05, 0.1) is 5.69 Å². The van der Waals surface area contributed by atoms with Gasteiger partial charge in [0.1, 0.15) is 5.76 Å². The molecule has 0 saturated carbocycles. The molecular weight excluding hydrogens is 274 g/mol. The Kier molecular flexibility index (Phi) is 5.91. The van der Waals surface area contributed by atoms with Crippen molar-refractivity contribution in [1.82, 2.24) is 15.0 Å². The Labute approximate surface area is 124 Å². The van der Waals surface area contributed by atoms with E-state index < -0.39 is 0 Å². The number of aromatic nitrogens is 1. The van der Waals surface area contributed by atoms with Crippen LogP contribution >= 0.6 is 11.8 Å². The van der Waals surface area contributed by atoms with Gasteiger partial charge in [-0.15, -0.1) is 0 Å². The van der Waals surface area contributed by atoms with Crippen molar-refractivity contribution in [2.45, 2.75) is 26.3 Å². The zero-order valence-electron chi connectivity index (χ0n) is 12.3. The number of hydrogen-bond donors (Lipinski definition) is 0. The molecule has 2 heterocycles. The number of rotatable bonds is 5. The summed E-state index contributed by atoms with van der Waals surface area (Å²) in [6, 6.07) is 1.98. The van der Waals surface area contributed by atoms with E-state index in [1.807, 2.05) is 24.1 Å². The Bertz CT molecular complexity index is 436. The number of hydrogen-bond acceptors (Lipinski definition) is 5. The van der Waals surface area contributed by atoms with Crippen molar-refractivity contribution in [2.24, 2.45) is 0 Å². The molecule has 6 heteroatoms. The zero-order chi connectivity index (χ0) is 14.4. The number of aryl methyl sites for hydroxylation is 1. The molecule has 1 aliphatic rings. The third kappa shape index (κ3) is 4.52. The minimum atomic E-state index is 0.290. The number of carbonyl (C=O) groups excluding carboxylic acids is 1. The molecule has 1 aromatic rings. The molecular formula is C14H23N3O2S. The maximum absolute atomic E-state index is 12.0. The van der Waals surface area contributed by atoms with Gasteiger partial charge >= 0.3 is 0 Å². The van der Waals surface area contributed by atoms with E-state index in [9.17, 15) is 4.79 Å². The summed E-state index contributed by atoms with van der Waals surface area (Å²) in [5.74, 6) is 2.05. The summed E-state index contributed by atoms with van der Waals surface area (Å²) in [4.78, 5) is 16.4. The van der Waals surface area contributed by atoms with E-state index in [0.29, 0.717) is 12.3 Å². The van der Waals surface area contributed by atoms with Gasteiger partial charge in [-0.2, -0.15) is 11.8 Å². The highest BCUT2D eigenvalue weighted by Crippen LogP contribution is 2.10. The minimum absolute atomic E-state index is 0.290. The smallest absolute Gasteiger partial charge is 0.223 e. The molecule has 1 amide bonds. The maximum atomic E-state index is 12.0. The van der Waals surface area contributed by atoms with Crippen molar-refractivity contribution in [3.63, 3.8) is 0 Å². The largest absolute Gasteiger partial charge is 0.361 e. The lowest BCUT2D eigenvalue weighted by Gasteiger charge is -2.21. The van der Waals surface area contributed by atoms with Crippen LogP contribution in [0.25, 0.3) is 0 Å². The first-order valence-corrected chi connectivity index (χ1v) is 8.49. The highest BCUT2D eigenvalue weighted by Gasteiger charge is 2.19. The van der Waals surface area contributed by atoms with E-state index in [4.69, 9.17) is 4.52 Å². The van der Waals surface area contributed by atoms with Gasteiger partial charge < -0.3 is 9.42 Å². The van der Waals surface area contributed by atoms with Crippen LogP contribution in [0.2, 0.25) is 0 Å².